The molecule has 2 N–H and O–H groups in total. The molecule has 4 heteroatoms. The third-order valence-electron chi connectivity index (χ3n) is 2.58. The number of phenols is 1. The second-order valence-corrected chi connectivity index (χ2v) is 5.06. The molecule has 1 rings (SSSR count). The van der Waals surface area contributed by atoms with Crippen molar-refractivity contribution >= 4 is 28.5 Å². The van der Waals surface area contributed by atoms with Gasteiger partial charge in [0.05, 0.1) is 5.56 Å². The first-order valence-corrected chi connectivity index (χ1v) is 7.32. The molecular formula is C13H18INO2. The number of para-hydroxylation sites is 1. The third kappa shape index (κ3) is 4.53. The Morgan fingerprint density at radius 3 is 2.82 bits per heavy atom. The number of unbranched alkanes of at least 4 members (excludes halogenated alkanes) is 2. The van der Waals surface area contributed by atoms with Crippen molar-refractivity contribution in [3.05, 3.63) is 29.3 Å². The van der Waals surface area contributed by atoms with Crippen LogP contribution in [0, 0.1) is 6.92 Å². The van der Waals surface area contributed by atoms with Crippen LogP contribution in [-0.2, 0) is 0 Å². The first kappa shape index (κ1) is 14.3. The Morgan fingerprint density at radius 2 is 2.12 bits per heavy atom. The smallest absolute Gasteiger partial charge is 0.255 e. The van der Waals surface area contributed by atoms with Gasteiger partial charge < -0.3 is 10.4 Å². The maximum absolute atomic E-state index is 11.8. The minimum atomic E-state index is -0.194. The number of rotatable bonds is 6. The molecule has 0 saturated heterocycles. The molecule has 1 aromatic carbocycles. The topological polar surface area (TPSA) is 49.3 Å². The third-order valence-corrected chi connectivity index (χ3v) is 3.34. The van der Waals surface area contributed by atoms with Crippen LogP contribution in [0.25, 0.3) is 0 Å². The van der Waals surface area contributed by atoms with Gasteiger partial charge in [-0.1, -0.05) is 41.1 Å². The van der Waals surface area contributed by atoms with Crippen molar-refractivity contribution in [3.8, 4) is 5.75 Å². The van der Waals surface area contributed by atoms with Gasteiger partial charge in [0.15, 0.2) is 0 Å². The van der Waals surface area contributed by atoms with Crippen LogP contribution in [0.5, 0.6) is 5.75 Å². The van der Waals surface area contributed by atoms with Gasteiger partial charge in [-0.25, -0.2) is 0 Å². The molecule has 0 aliphatic carbocycles. The van der Waals surface area contributed by atoms with Gasteiger partial charge in [0.1, 0.15) is 5.75 Å². The molecule has 0 unspecified atom stereocenters. The molecule has 0 fully saturated rings. The van der Waals surface area contributed by atoms with Gasteiger partial charge >= 0.3 is 0 Å². The molecule has 3 nitrogen and oxygen atoms in total. The predicted molar refractivity (Wildman–Crippen MR) is 77.9 cm³/mol. The molecule has 0 aliphatic heterocycles. The highest BCUT2D eigenvalue weighted by molar-refractivity contribution is 14.1. The van der Waals surface area contributed by atoms with E-state index >= 15 is 0 Å². The zero-order valence-corrected chi connectivity index (χ0v) is 12.2. The van der Waals surface area contributed by atoms with Crippen LogP contribution in [0.1, 0.15) is 35.2 Å². The van der Waals surface area contributed by atoms with E-state index in [0.717, 1.165) is 22.8 Å². The highest BCUT2D eigenvalue weighted by Gasteiger charge is 2.11. The van der Waals surface area contributed by atoms with Crippen molar-refractivity contribution in [1.82, 2.24) is 5.32 Å². The Labute approximate surface area is 116 Å². The lowest BCUT2D eigenvalue weighted by Gasteiger charge is -2.08. The van der Waals surface area contributed by atoms with Gasteiger partial charge in [-0.3, -0.25) is 4.79 Å². The lowest BCUT2D eigenvalue weighted by Crippen LogP contribution is -2.24. The summed E-state index contributed by atoms with van der Waals surface area (Å²) >= 11 is 2.35. The number of aryl methyl sites for hydroxylation is 1. The quantitative estimate of drug-likeness (QED) is 0.472. The molecular weight excluding hydrogens is 329 g/mol. The van der Waals surface area contributed by atoms with Crippen LogP contribution in [0.3, 0.4) is 0 Å². The van der Waals surface area contributed by atoms with Crippen molar-refractivity contribution in [1.29, 1.82) is 0 Å². The molecule has 0 bridgehead atoms. The first-order chi connectivity index (χ1) is 8.16. The molecule has 1 amide bonds. The summed E-state index contributed by atoms with van der Waals surface area (Å²) in [5.41, 5.74) is 1.08. The normalized spacial score (nSPS) is 10.2. The Kier molecular flexibility index (Phi) is 6.32. The Morgan fingerprint density at radius 1 is 1.35 bits per heavy atom. The Balaban J connectivity index is 2.44. The SMILES string of the molecule is Cc1cccc(C(=O)NCCCCCI)c1O. The summed E-state index contributed by atoms with van der Waals surface area (Å²) in [6.07, 6.45) is 3.30. The fourth-order valence-corrected chi connectivity index (χ4v) is 2.07. The summed E-state index contributed by atoms with van der Waals surface area (Å²) in [7, 11) is 0. The maximum Gasteiger partial charge on any atom is 0.255 e. The average molecular weight is 347 g/mol. The van der Waals surface area contributed by atoms with E-state index in [0.29, 0.717) is 12.1 Å². The molecule has 94 valence electrons. The van der Waals surface area contributed by atoms with Gasteiger partial charge in [-0.05, 0) is 35.8 Å². The molecule has 0 aromatic heterocycles. The number of benzene rings is 1. The summed E-state index contributed by atoms with van der Waals surface area (Å²) in [6, 6.07) is 5.20. The number of aromatic hydroxyl groups is 1. The lowest BCUT2D eigenvalue weighted by atomic mass is 10.1. The average Bonchev–Trinajstić information content (AvgIpc) is 2.32. The van der Waals surface area contributed by atoms with Gasteiger partial charge in [0, 0.05) is 6.54 Å². The number of carbonyl (C=O) groups is 1. The highest BCUT2D eigenvalue weighted by atomic mass is 127. The van der Waals surface area contributed by atoms with E-state index in [1.54, 1.807) is 25.1 Å². The van der Waals surface area contributed by atoms with Crippen LogP contribution in [0.2, 0.25) is 0 Å². The van der Waals surface area contributed by atoms with E-state index in [1.165, 1.54) is 6.42 Å². The zero-order chi connectivity index (χ0) is 12.7. The number of hydrogen-bond acceptors (Lipinski definition) is 2. The molecule has 0 heterocycles. The molecule has 17 heavy (non-hydrogen) atoms. The fraction of sp³-hybridized carbons (Fsp3) is 0.462. The predicted octanol–water partition coefficient (Wildman–Crippen LogP) is 3.04. The summed E-state index contributed by atoms with van der Waals surface area (Å²) in [4.78, 5) is 11.8. The minimum absolute atomic E-state index is 0.0808. The van der Waals surface area contributed by atoms with E-state index < -0.39 is 0 Å². The molecule has 0 radical (unpaired) electrons. The van der Waals surface area contributed by atoms with Crippen LogP contribution in [0.15, 0.2) is 18.2 Å². The Hall–Kier alpha value is -0.780. The van der Waals surface area contributed by atoms with Crippen LogP contribution < -0.4 is 5.32 Å². The second-order valence-electron chi connectivity index (χ2n) is 3.98. The summed E-state index contributed by atoms with van der Waals surface area (Å²) in [5, 5.41) is 12.6. The van der Waals surface area contributed by atoms with E-state index in [1.807, 2.05) is 0 Å². The largest absolute Gasteiger partial charge is 0.507 e. The number of nitrogens with one attached hydrogen (secondary N) is 1. The lowest BCUT2D eigenvalue weighted by molar-refractivity contribution is 0.0950. The van der Waals surface area contributed by atoms with Crippen molar-refractivity contribution in [2.45, 2.75) is 26.2 Å². The number of hydrogen-bond donors (Lipinski definition) is 2. The maximum atomic E-state index is 11.8. The van der Waals surface area contributed by atoms with Crippen LogP contribution >= 0.6 is 22.6 Å². The summed E-state index contributed by atoms with van der Waals surface area (Å²) < 4.78 is 1.16. The van der Waals surface area contributed by atoms with E-state index in [2.05, 4.69) is 27.9 Å². The second kappa shape index (κ2) is 7.53. The molecule has 0 spiro atoms. The van der Waals surface area contributed by atoms with Gasteiger partial charge in [-0.15, -0.1) is 0 Å². The first-order valence-electron chi connectivity index (χ1n) is 5.79. The van der Waals surface area contributed by atoms with Crippen LogP contribution in [0.4, 0.5) is 0 Å². The number of alkyl halides is 1. The number of halogens is 1. The van der Waals surface area contributed by atoms with E-state index in [4.69, 9.17) is 0 Å². The molecule has 0 saturated carbocycles. The van der Waals surface area contributed by atoms with E-state index in [-0.39, 0.29) is 11.7 Å². The van der Waals surface area contributed by atoms with Gasteiger partial charge in [0.2, 0.25) is 0 Å². The van der Waals surface area contributed by atoms with Gasteiger partial charge in [-0.2, -0.15) is 0 Å². The summed E-state index contributed by atoms with van der Waals surface area (Å²) in [6.45, 7) is 2.45. The zero-order valence-electron chi connectivity index (χ0n) is 10.0. The molecule has 0 atom stereocenters. The minimum Gasteiger partial charge on any atom is -0.507 e. The van der Waals surface area contributed by atoms with Crippen molar-refractivity contribution in [2.75, 3.05) is 11.0 Å². The number of amides is 1. The standard InChI is InChI=1S/C13H18INO2/c1-10-6-5-7-11(12(10)16)13(17)15-9-4-2-3-8-14/h5-7,16H,2-4,8-9H2,1H3,(H,15,17). The Bertz CT molecular complexity index is 380. The highest BCUT2D eigenvalue weighted by Crippen LogP contribution is 2.20. The summed E-state index contributed by atoms with van der Waals surface area (Å²) in [5.74, 6) is -0.113. The van der Waals surface area contributed by atoms with Crippen LogP contribution in [-0.4, -0.2) is 22.0 Å². The van der Waals surface area contributed by atoms with Crippen molar-refractivity contribution < 1.29 is 9.90 Å². The fourth-order valence-electron chi connectivity index (χ4n) is 1.54. The molecule has 0 aliphatic rings. The van der Waals surface area contributed by atoms with Crippen molar-refractivity contribution in [3.63, 3.8) is 0 Å². The monoisotopic (exact) mass is 347 g/mol. The van der Waals surface area contributed by atoms with E-state index in [9.17, 15) is 9.90 Å². The van der Waals surface area contributed by atoms with Crippen molar-refractivity contribution in [2.24, 2.45) is 0 Å². The number of phenolic OH excluding ortho intramolecular Hbond substituents is 1. The number of carbonyl (C=O) groups excluding carboxylic acids is 1. The molecule has 1 aromatic rings. The van der Waals surface area contributed by atoms with Gasteiger partial charge in [0.25, 0.3) is 5.91 Å².